The summed E-state index contributed by atoms with van der Waals surface area (Å²) in [6, 6.07) is 22.2. The second-order valence-corrected chi connectivity index (χ2v) is 27.3. The fourth-order valence-electron chi connectivity index (χ4n) is 14.5. The third-order valence-electron chi connectivity index (χ3n) is 19.5. The molecule has 12 atom stereocenters. The zero-order chi connectivity index (χ0) is 59.8. The Bertz CT molecular complexity index is 3120. The van der Waals surface area contributed by atoms with Gasteiger partial charge in [-0.15, -0.1) is 0 Å². The molecule has 0 aliphatic heterocycles. The van der Waals surface area contributed by atoms with Gasteiger partial charge in [0.05, 0.1) is 30.3 Å². The van der Waals surface area contributed by atoms with E-state index in [-0.39, 0.29) is 95.1 Å². The first-order valence-electron chi connectivity index (χ1n) is 29.6. The Kier molecular flexibility index (Phi) is 21.6. The Labute approximate surface area is 498 Å². The van der Waals surface area contributed by atoms with Crippen molar-refractivity contribution >= 4 is 45.3 Å². The number of rotatable bonds is 22. The molecule has 0 saturated heterocycles. The molecule has 5 unspecified atom stereocenters. The Morgan fingerprint density at radius 1 is 0.916 bits per heavy atom. The van der Waals surface area contributed by atoms with Crippen LogP contribution in [-0.4, -0.2) is 126 Å². The third kappa shape index (κ3) is 15.5. The molecule has 4 saturated carbocycles. The number of aromatic amines is 1. The summed E-state index contributed by atoms with van der Waals surface area (Å²) >= 11 is 7.42. The number of carbonyl (C=O) groups excluding carboxylic acids is 2. The number of nitrogens with zero attached hydrogens (tertiary/aromatic N) is 5. The maximum absolute atomic E-state index is 14.2. The van der Waals surface area contributed by atoms with E-state index in [9.17, 15) is 42.5 Å². The molecule has 4 aliphatic rings. The second kappa shape index (κ2) is 28.0. The molecule has 83 heavy (non-hydrogen) atoms. The van der Waals surface area contributed by atoms with Gasteiger partial charge >= 0.3 is 0 Å². The molecule has 452 valence electrons. The van der Waals surface area contributed by atoms with Gasteiger partial charge in [0.15, 0.2) is 5.16 Å². The quantitative estimate of drug-likeness (QED) is 0.0216. The lowest BCUT2D eigenvalue weighted by Gasteiger charge is -2.63. The predicted octanol–water partition coefficient (Wildman–Crippen LogP) is 9.61. The van der Waals surface area contributed by atoms with Crippen molar-refractivity contribution in [2.24, 2.45) is 46.3 Å². The molecule has 0 radical (unpaired) electrons. The number of benzene rings is 3. The molecule has 4 fully saturated rings. The molecule has 5 aromatic rings. The average molecular weight is 1200 g/mol. The fraction of sp³-hybridized carbons (Fsp3) is 0.571. The van der Waals surface area contributed by atoms with Gasteiger partial charge in [0.1, 0.15) is 12.4 Å². The molecule has 6 N–H and O–H groups in total. The van der Waals surface area contributed by atoms with Crippen LogP contribution < -0.4 is 10.9 Å². The summed E-state index contributed by atoms with van der Waals surface area (Å²) < 4.78 is 45.8. The minimum Gasteiger partial charge on any atom is -0.393 e. The predicted molar refractivity (Wildman–Crippen MR) is 322 cm³/mol. The van der Waals surface area contributed by atoms with Gasteiger partial charge in [0, 0.05) is 67.3 Å². The van der Waals surface area contributed by atoms with Gasteiger partial charge in [0.2, 0.25) is 11.8 Å². The summed E-state index contributed by atoms with van der Waals surface area (Å²) in [6.45, 7) is 16.2. The smallest absolute Gasteiger partial charge is 0.277 e. The normalized spacial score (nSPS) is 26.4. The van der Waals surface area contributed by atoms with Crippen LogP contribution in [-0.2, 0) is 38.5 Å². The van der Waals surface area contributed by atoms with Crippen molar-refractivity contribution < 1.29 is 42.3 Å². The van der Waals surface area contributed by atoms with Gasteiger partial charge in [-0.3, -0.25) is 24.0 Å². The first kappa shape index (κ1) is 64.0. The highest BCUT2D eigenvalue weighted by atomic mass is 35.5. The number of H-pyrrole nitrogens is 1. The van der Waals surface area contributed by atoms with Crippen LogP contribution in [0, 0.1) is 52.2 Å². The summed E-state index contributed by atoms with van der Waals surface area (Å²) in [5, 5.41) is 43.8. The van der Waals surface area contributed by atoms with E-state index in [1.54, 1.807) is 35.3 Å². The summed E-state index contributed by atoms with van der Waals surface area (Å²) in [7, 11) is -4.10. The maximum Gasteiger partial charge on any atom is 0.277 e. The monoisotopic (exact) mass is 1200 g/mol. The van der Waals surface area contributed by atoms with Crippen LogP contribution in [0.5, 0.6) is 0 Å². The van der Waals surface area contributed by atoms with E-state index in [0.29, 0.717) is 53.3 Å². The lowest BCUT2D eigenvalue weighted by Crippen LogP contribution is -2.62. The third-order valence-corrected chi connectivity index (χ3v) is 21.6. The molecular formula is C63H85ClFN7O9S2. The van der Waals surface area contributed by atoms with Crippen molar-refractivity contribution in [3.63, 3.8) is 0 Å². The van der Waals surface area contributed by atoms with Gasteiger partial charge in [-0.2, -0.15) is 18.5 Å². The number of hydrogen-bond donors (Lipinski definition) is 6. The number of nitrogens with one attached hydrogen (secondary N) is 2. The molecule has 4 aliphatic carbocycles. The number of aromatic nitrogens is 4. The minimum atomic E-state index is -4.10. The molecule has 3 aromatic carbocycles. The lowest BCUT2D eigenvalue weighted by atomic mass is 9.43. The number of fused-ring (bicyclic) bond motifs is 5. The van der Waals surface area contributed by atoms with E-state index in [0.717, 1.165) is 86.0 Å². The van der Waals surface area contributed by atoms with Gasteiger partial charge in [-0.05, 0) is 163 Å². The van der Waals surface area contributed by atoms with Gasteiger partial charge in [-0.25, -0.2) is 4.39 Å². The first-order valence-corrected chi connectivity index (χ1v) is 32.6. The number of aliphatic hydroxyl groups excluding tert-OH is 3. The van der Waals surface area contributed by atoms with Crippen LogP contribution in [0.3, 0.4) is 0 Å². The van der Waals surface area contributed by atoms with Crippen LogP contribution in [0.2, 0.25) is 5.02 Å². The first-order chi connectivity index (χ1) is 39.5. The summed E-state index contributed by atoms with van der Waals surface area (Å²) in [5.41, 5.74) is 4.74. The zero-order valence-electron chi connectivity index (χ0n) is 48.8. The van der Waals surface area contributed by atoms with E-state index < -0.39 is 28.1 Å². The molecule has 0 spiro atoms. The van der Waals surface area contributed by atoms with Crippen LogP contribution >= 0.6 is 23.4 Å². The number of thioether (sulfide) groups is 1. The molecular weight excluding hydrogens is 1120 g/mol. The van der Waals surface area contributed by atoms with Crippen molar-refractivity contribution in [2.45, 2.75) is 148 Å². The van der Waals surface area contributed by atoms with E-state index in [2.05, 4.69) is 84.3 Å². The Balaban J connectivity index is 0.000000228. The molecule has 0 bridgehead atoms. The van der Waals surface area contributed by atoms with Crippen molar-refractivity contribution in [2.75, 3.05) is 38.5 Å². The Morgan fingerprint density at radius 3 is 2.24 bits per heavy atom. The van der Waals surface area contributed by atoms with E-state index in [4.69, 9.17) is 16.2 Å². The van der Waals surface area contributed by atoms with Crippen molar-refractivity contribution in [3.8, 4) is 11.1 Å². The largest absolute Gasteiger partial charge is 0.393 e. The number of aliphatic hydroxyl groups is 3. The topological polar surface area (TPSA) is 231 Å². The standard InChI is InChI=1S/C37H40ClFN6O2S.C26H45NO7S/c1-4-43(5-2)18-19-44(22-27-6-10-29(11-7-27)30-12-14-32(38)15-13-30)35(46)24-45-23-34(26(3)31-20-40-41-21-31)36(47)42-37(45)48-25-28-8-16-33(39)17-9-28;1-15(4-7-23(31)27-10-11-35(32,33)34)18-5-6-19-24-20(14-22(30)26(18,19)3)25(2)9-8-17(28)12-16(25)13-21(24)29/h6-17,20-21,23,26H,4-5,18-19,22,24-25H2,1-3H3,(H,40,41);15-22,24,28-30H,4-14H2,1-3H3,(H,27,31)(H,32,33,34)/t;15-,16?,17-,18-,19?,20?,21-,22+,24?,25+,26-/m.1/s1. The van der Waals surface area contributed by atoms with Crippen LogP contribution in [0.25, 0.3) is 11.1 Å². The summed E-state index contributed by atoms with van der Waals surface area (Å²) in [5.74, 6) is 0.491. The van der Waals surface area contributed by atoms with E-state index >= 15 is 0 Å². The second-order valence-electron chi connectivity index (χ2n) is 24.3. The molecule has 2 aromatic heterocycles. The van der Waals surface area contributed by atoms with Crippen molar-refractivity contribution in [1.29, 1.82) is 0 Å². The number of hydrogen-bond acceptors (Lipinski definition) is 12. The Morgan fingerprint density at radius 2 is 1.59 bits per heavy atom. The minimum absolute atomic E-state index is 0.00520. The SMILES string of the molecule is CCN(CC)CCN(Cc1ccc(-c2ccc(Cl)cc2)cc1)C(=O)Cn1cc(C(C)c2cn[nH]c2)c(=O)nc1SCc1ccc(F)cc1.C[C@H](CCC(=O)NCCS(=O)(=O)O)[C@H]1CCC2C3C(C[C@H](O)[C@@]21C)[C@@]1(C)CC[C@@H](O)CC1C[C@H]3O. The van der Waals surface area contributed by atoms with Crippen molar-refractivity contribution in [1.82, 2.24) is 34.9 Å². The highest BCUT2D eigenvalue weighted by Crippen LogP contribution is 2.68. The summed E-state index contributed by atoms with van der Waals surface area (Å²) in [6.07, 6.45) is 10.9. The number of halogens is 2. The van der Waals surface area contributed by atoms with Gasteiger partial charge in [0.25, 0.3) is 15.7 Å². The number of carbonyl (C=O) groups is 2. The van der Waals surface area contributed by atoms with E-state index in [1.807, 2.05) is 36.1 Å². The van der Waals surface area contributed by atoms with E-state index in [1.165, 1.54) is 23.9 Å². The molecule has 2 heterocycles. The van der Waals surface area contributed by atoms with Crippen LogP contribution in [0.15, 0.2) is 101 Å². The van der Waals surface area contributed by atoms with Gasteiger partial charge in [-0.1, -0.05) is 113 Å². The summed E-state index contributed by atoms with van der Waals surface area (Å²) in [4.78, 5) is 48.3. The van der Waals surface area contributed by atoms with Crippen LogP contribution in [0.4, 0.5) is 4.39 Å². The molecule has 9 rings (SSSR count). The Hall–Kier alpha value is -4.99. The highest BCUT2D eigenvalue weighted by molar-refractivity contribution is 7.98. The zero-order valence-corrected chi connectivity index (χ0v) is 51.2. The van der Waals surface area contributed by atoms with Gasteiger partial charge < -0.3 is 35.0 Å². The molecule has 20 heteroatoms. The molecule has 16 nitrogen and oxygen atoms in total. The average Bonchev–Trinajstić information content (AvgIpc) is 4.03. The lowest BCUT2D eigenvalue weighted by molar-refractivity contribution is -0.207. The fourth-order valence-corrected chi connectivity index (χ4v) is 15.9. The number of amides is 2. The maximum atomic E-state index is 14.2. The highest BCUT2D eigenvalue weighted by Gasteiger charge is 2.65. The number of likely N-dealkylation sites (N-methyl/N-ethyl adjacent to an activating group) is 1. The van der Waals surface area contributed by atoms with Crippen LogP contribution in [0.1, 0.15) is 128 Å². The van der Waals surface area contributed by atoms with Crippen molar-refractivity contribution in [3.05, 3.63) is 135 Å². The molecule has 2 amide bonds.